The van der Waals surface area contributed by atoms with E-state index in [1.807, 2.05) is 0 Å². The maximum atomic E-state index is 12.2. The van der Waals surface area contributed by atoms with Crippen LogP contribution in [0.4, 0.5) is 5.69 Å². The number of rotatable bonds is 5. The van der Waals surface area contributed by atoms with Crippen LogP contribution in [0.2, 0.25) is 5.02 Å². The lowest BCUT2D eigenvalue weighted by molar-refractivity contribution is -0.384. The monoisotopic (exact) mass is 405 g/mol. The molecular formula is C17H12ClN3O5S. The van der Waals surface area contributed by atoms with Crippen molar-refractivity contribution in [2.24, 2.45) is 5.10 Å². The summed E-state index contributed by atoms with van der Waals surface area (Å²) >= 11 is 7.09. The number of hydrogen-bond acceptors (Lipinski definition) is 7. The molecule has 0 atom stereocenters. The fourth-order valence-corrected chi connectivity index (χ4v) is 3.45. The lowest BCUT2D eigenvalue weighted by atomic mass is 10.2. The Labute approximate surface area is 161 Å². The molecule has 0 aliphatic heterocycles. The number of nitrogens with zero attached hydrogens (tertiary/aromatic N) is 2. The van der Waals surface area contributed by atoms with Crippen LogP contribution in [0.25, 0.3) is 10.1 Å². The van der Waals surface area contributed by atoms with Crippen molar-refractivity contribution in [3.8, 4) is 11.5 Å². The van der Waals surface area contributed by atoms with E-state index in [9.17, 15) is 20.0 Å². The maximum absolute atomic E-state index is 12.2. The normalized spacial score (nSPS) is 11.0. The van der Waals surface area contributed by atoms with Crippen molar-refractivity contribution < 1.29 is 19.6 Å². The third kappa shape index (κ3) is 3.99. The number of carbonyl (C=O) groups excluding carboxylic acids is 1. The Balaban J connectivity index is 1.76. The molecule has 138 valence electrons. The Morgan fingerprint density at radius 3 is 2.85 bits per heavy atom. The summed E-state index contributed by atoms with van der Waals surface area (Å²) in [6.45, 7) is 0. The molecule has 1 amide bonds. The minimum absolute atomic E-state index is 0.0385. The molecule has 1 heterocycles. The van der Waals surface area contributed by atoms with E-state index in [0.717, 1.165) is 4.70 Å². The number of hydrazone groups is 1. The van der Waals surface area contributed by atoms with Gasteiger partial charge in [0.05, 0.1) is 28.1 Å². The Hall–Kier alpha value is -3.17. The van der Waals surface area contributed by atoms with Gasteiger partial charge in [-0.3, -0.25) is 14.9 Å². The van der Waals surface area contributed by atoms with Crippen LogP contribution in [0, 0.1) is 10.1 Å². The van der Waals surface area contributed by atoms with Gasteiger partial charge in [0.1, 0.15) is 0 Å². The number of phenols is 1. The number of nitrogens with one attached hydrogen (secondary N) is 1. The molecule has 1 aromatic heterocycles. The summed E-state index contributed by atoms with van der Waals surface area (Å²) in [5, 5.41) is 25.1. The van der Waals surface area contributed by atoms with Gasteiger partial charge >= 0.3 is 0 Å². The molecule has 0 spiro atoms. The van der Waals surface area contributed by atoms with Gasteiger partial charge in [0.15, 0.2) is 11.5 Å². The van der Waals surface area contributed by atoms with Crippen LogP contribution in [0.15, 0.2) is 41.5 Å². The van der Waals surface area contributed by atoms with Crippen LogP contribution < -0.4 is 10.2 Å². The molecule has 2 aromatic carbocycles. The number of carbonyl (C=O) groups is 1. The number of halogens is 1. The highest BCUT2D eigenvalue weighted by molar-refractivity contribution is 7.20. The predicted molar refractivity (Wildman–Crippen MR) is 103 cm³/mol. The van der Waals surface area contributed by atoms with Crippen molar-refractivity contribution in [1.82, 2.24) is 5.43 Å². The molecular weight excluding hydrogens is 394 g/mol. The van der Waals surface area contributed by atoms with Crippen LogP contribution in [-0.4, -0.2) is 29.3 Å². The SMILES string of the molecule is COc1cc(/C=N/NC(=O)c2cc3cc([N+](=O)[O-])ccc3s2)cc(Cl)c1O. The van der Waals surface area contributed by atoms with Crippen LogP contribution in [-0.2, 0) is 0 Å². The van der Waals surface area contributed by atoms with E-state index in [0.29, 0.717) is 15.8 Å². The zero-order chi connectivity index (χ0) is 19.6. The second-order valence-corrected chi connectivity index (χ2v) is 6.83. The van der Waals surface area contributed by atoms with Gasteiger partial charge in [-0.15, -0.1) is 11.3 Å². The second kappa shape index (κ2) is 7.60. The molecule has 0 unspecified atom stereocenters. The van der Waals surface area contributed by atoms with E-state index in [2.05, 4.69) is 10.5 Å². The average molecular weight is 406 g/mol. The fourth-order valence-electron chi connectivity index (χ4n) is 2.30. The van der Waals surface area contributed by atoms with Crippen LogP contribution in [0.1, 0.15) is 15.2 Å². The van der Waals surface area contributed by atoms with Gasteiger partial charge in [-0.05, 0) is 29.8 Å². The van der Waals surface area contributed by atoms with Crippen molar-refractivity contribution in [3.63, 3.8) is 0 Å². The van der Waals surface area contributed by atoms with Gasteiger partial charge in [0, 0.05) is 22.2 Å². The molecule has 0 radical (unpaired) electrons. The van der Waals surface area contributed by atoms with Gasteiger partial charge in [-0.2, -0.15) is 5.10 Å². The van der Waals surface area contributed by atoms with E-state index in [1.165, 1.54) is 48.9 Å². The highest BCUT2D eigenvalue weighted by Gasteiger charge is 2.13. The molecule has 10 heteroatoms. The average Bonchev–Trinajstić information content (AvgIpc) is 3.07. The summed E-state index contributed by atoms with van der Waals surface area (Å²) in [4.78, 5) is 22.9. The molecule has 0 aliphatic rings. The summed E-state index contributed by atoms with van der Waals surface area (Å²) in [7, 11) is 1.39. The number of amides is 1. The van der Waals surface area contributed by atoms with E-state index < -0.39 is 10.8 Å². The summed E-state index contributed by atoms with van der Waals surface area (Å²) in [5.41, 5.74) is 2.86. The van der Waals surface area contributed by atoms with Crippen LogP contribution in [0.3, 0.4) is 0 Å². The van der Waals surface area contributed by atoms with E-state index in [1.54, 1.807) is 12.1 Å². The zero-order valence-electron chi connectivity index (χ0n) is 13.8. The lowest BCUT2D eigenvalue weighted by Crippen LogP contribution is -2.16. The smallest absolute Gasteiger partial charge is 0.281 e. The van der Waals surface area contributed by atoms with Crippen LogP contribution >= 0.6 is 22.9 Å². The van der Waals surface area contributed by atoms with E-state index in [-0.39, 0.29) is 22.2 Å². The molecule has 27 heavy (non-hydrogen) atoms. The standard InChI is InChI=1S/C17H12ClN3O5S/c1-26-13-5-9(4-12(18)16(13)22)8-19-20-17(23)15-7-10-6-11(21(24)25)2-3-14(10)27-15/h2-8,22H,1H3,(H,20,23)/b19-8+. The third-order valence-corrected chi connectivity index (χ3v) is 4.99. The molecule has 8 nitrogen and oxygen atoms in total. The summed E-state index contributed by atoms with van der Waals surface area (Å²) < 4.78 is 5.75. The maximum Gasteiger partial charge on any atom is 0.281 e. The van der Waals surface area contributed by atoms with Gasteiger partial charge in [-0.25, -0.2) is 5.43 Å². The Kier molecular flexibility index (Phi) is 5.24. The second-order valence-electron chi connectivity index (χ2n) is 5.34. The minimum atomic E-state index is -0.488. The molecule has 0 bridgehead atoms. The number of thiophene rings is 1. The van der Waals surface area contributed by atoms with Gasteiger partial charge in [-0.1, -0.05) is 11.6 Å². The van der Waals surface area contributed by atoms with E-state index >= 15 is 0 Å². The largest absolute Gasteiger partial charge is 0.503 e. The number of fused-ring (bicyclic) bond motifs is 1. The molecule has 3 aromatic rings. The number of nitro benzene ring substituents is 1. The Morgan fingerprint density at radius 1 is 1.37 bits per heavy atom. The summed E-state index contributed by atoms with van der Waals surface area (Å²) in [6, 6.07) is 8.95. The van der Waals surface area contributed by atoms with Crippen molar-refractivity contribution >= 4 is 50.8 Å². The first-order valence-corrected chi connectivity index (χ1v) is 8.66. The quantitative estimate of drug-likeness (QED) is 0.379. The first-order valence-electron chi connectivity index (χ1n) is 7.47. The van der Waals surface area contributed by atoms with Crippen molar-refractivity contribution in [2.75, 3.05) is 7.11 Å². The number of aromatic hydroxyl groups is 1. The lowest BCUT2D eigenvalue weighted by Gasteiger charge is -2.05. The highest BCUT2D eigenvalue weighted by atomic mass is 35.5. The topological polar surface area (TPSA) is 114 Å². The zero-order valence-corrected chi connectivity index (χ0v) is 15.4. The molecule has 0 fully saturated rings. The van der Waals surface area contributed by atoms with Crippen molar-refractivity contribution in [1.29, 1.82) is 0 Å². The predicted octanol–water partition coefficient (Wildman–Crippen LogP) is 3.94. The molecule has 0 saturated heterocycles. The number of phenolic OH excluding ortho intramolecular Hbond substituents is 1. The third-order valence-electron chi connectivity index (χ3n) is 3.58. The summed E-state index contributed by atoms with van der Waals surface area (Å²) in [6.07, 6.45) is 1.35. The van der Waals surface area contributed by atoms with Crippen molar-refractivity contribution in [2.45, 2.75) is 0 Å². The number of hydrogen-bond donors (Lipinski definition) is 2. The van der Waals surface area contributed by atoms with Crippen LogP contribution in [0.5, 0.6) is 11.5 Å². The molecule has 3 rings (SSSR count). The molecule has 0 saturated carbocycles. The first kappa shape index (κ1) is 18.6. The number of non-ortho nitro benzene ring substituents is 1. The van der Waals surface area contributed by atoms with Crippen molar-refractivity contribution in [3.05, 3.63) is 62.0 Å². The van der Waals surface area contributed by atoms with Gasteiger partial charge < -0.3 is 9.84 Å². The van der Waals surface area contributed by atoms with E-state index in [4.69, 9.17) is 16.3 Å². The van der Waals surface area contributed by atoms with Gasteiger partial charge in [0.2, 0.25) is 0 Å². The molecule has 2 N–H and O–H groups in total. The summed E-state index contributed by atoms with van der Waals surface area (Å²) in [5.74, 6) is -0.451. The number of ether oxygens (including phenoxy) is 1. The minimum Gasteiger partial charge on any atom is -0.503 e. The molecule has 0 aliphatic carbocycles. The number of methoxy groups -OCH3 is 1. The number of benzene rings is 2. The highest BCUT2D eigenvalue weighted by Crippen LogP contribution is 2.34. The Bertz CT molecular complexity index is 1080. The Morgan fingerprint density at radius 2 is 2.15 bits per heavy atom. The fraction of sp³-hybridized carbons (Fsp3) is 0.0588. The number of nitro groups is 1. The first-order chi connectivity index (χ1) is 12.9. The van der Waals surface area contributed by atoms with Gasteiger partial charge in [0.25, 0.3) is 11.6 Å².